The third-order valence-corrected chi connectivity index (χ3v) is 3.07. The monoisotopic (exact) mass is 311 g/mol. The molecule has 2 rings (SSSR count). The summed E-state index contributed by atoms with van der Waals surface area (Å²) in [4.78, 5) is 40.0. The lowest BCUT2D eigenvalue weighted by Gasteiger charge is -2.31. The van der Waals surface area contributed by atoms with Crippen molar-refractivity contribution in [3.05, 3.63) is 28.5 Å². The predicted molar refractivity (Wildman–Crippen MR) is 65.6 cm³/mol. The third-order valence-electron chi connectivity index (χ3n) is 2.64. The average molecular weight is 312 g/mol. The second-order valence-electron chi connectivity index (χ2n) is 3.91. The third kappa shape index (κ3) is 2.40. The first-order valence-electron chi connectivity index (χ1n) is 5.24. The number of halogens is 1. The van der Waals surface area contributed by atoms with Crippen molar-refractivity contribution in [3.63, 3.8) is 0 Å². The molecule has 0 aromatic carbocycles. The lowest BCUT2D eigenvalue weighted by Crippen LogP contribution is -2.58. The van der Waals surface area contributed by atoms with Gasteiger partial charge in [0.05, 0.1) is 5.56 Å². The van der Waals surface area contributed by atoms with Gasteiger partial charge in [0.2, 0.25) is 11.8 Å². The van der Waals surface area contributed by atoms with Gasteiger partial charge in [-0.1, -0.05) is 0 Å². The summed E-state index contributed by atoms with van der Waals surface area (Å²) in [6, 6.07) is 0.924. The Morgan fingerprint density at radius 2 is 2.22 bits per heavy atom. The maximum atomic E-state index is 12.2. The van der Waals surface area contributed by atoms with E-state index >= 15 is 0 Å². The molecule has 0 saturated carbocycles. The molecule has 1 aliphatic rings. The molecule has 1 aromatic rings. The second-order valence-corrected chi connectivity index (χ2v) is 4.83. The molecule has 0 spiro atoms. The Kier molecular flexibility index (Phi) is 3.42. The van der Waals surface area contributed by atoms with E-state index in [0.29, 0.717) is 10.0 Å². The van der Waals surface area contributed by atoms with E-state index in [1.807, 2.05) is 0 Å². The molecule has 1 N–H and O–H groups in total. The van der Waals surface area contributed by atoms with Crippen molar-refractivity contribution >= 4 is 33.7 Å². The number of hydrogen-bond acceptors (Lipinski definition) is 4. The molecule has 6 nitrogen and oxygen atoms in total. The summed E-state index contributed by atoms with van der Waals surface area (Å²) in [5.74, 6) is -1.34. The van der Waals surface area contributed by atoms with Gasteiger partial charge in [-0.2, -0.15) is 0 Å². The van der Waals surface area contributed by atoms with E-state index in [1.54, 1.807) is 19.2 Å². The largest absolute Gasteiger partial charge is 0.318 e. The number of nitrogens with zero attached hydrogens (tertiary/aromatic N) is 2. The van der Waals surface area contributed by atoms with E-state index in [2.05, 4.69) is 26.2 Å². The minimum atomic E-state index is -0.672. The zero-order chi connectivity index (χ0) is 13.3. The van der Waals surface area contributed by atoms with E-state index in [9.17, 15) is 14.4 Å². The van der Waals surface area contributed by atoms with Gasteiger partial charge >= 0.3 is 0 Å². The number of aromatic nitrogens is 1. The molecule has 7 heteroatoms. The van der Waals surface area contributed by atoms with E-state index < -0.39 is 17.9 Å². The smallest absolute Gasteiger partial charge is 0.256 e. The maximum Gasteiger partial charge on any atom is 0.256 e. The highest BCUT2D eigenvalue weighted by molar-refractivity contribution is 9.10. The van der Waals surface area contributed by atoms with Crippen LogP contribution in [-0.2, 0) is 9.59 Å². The van der Waals surface area contributed by atoms with Crippen LogP contribution in [0.3, 0.4) is 0 Å². The average Bonchev–Trinajstić information content (AvgIpc) is 2.33. The first-order valence-corrected chi connectivity index (χ1v) is 6.03. The van der Waals surface area contributed by atoms with Gasteiger partial charge < -0.3 is 4.90 Å². The predicted octanol–water partition coefficient (Wildman–Crippen LogP) is 0.331. The van der Waals surface area contributed by atoms with E-state index in [4.69, 9.17) is 0 Å². The number of nitrogens with one attached hydrogen (secondary N) is 1. The molecule has 94 valence electrons. The summed E-state index contributed by atoms with van der Waals surface area (Å²) in [5, 5.41) is 2.18. The van der Waals surface area contributed by atoms with E-state index in [1.165, 1.54) is 11.1 Å². The van der Waals surface area contributed by atoms with Crippen LogP contribution in [0.2, 0.25) is 0 Å². The van der Waals surface area contributed by atoms with Crippen molar-refractivity contribution < 1.29 is 14.4 Å². The van der Waals surface area contributed by atoms with Crippen LogP contribution < -0.4 is 5.32 Å². The Morgan fingerprint density at radius 3 is 2.89 bits per heavy atom. The molecular formula is C11H10BrN3O3. The minimum Gasteiger partial charge on any atom is -0.318 e. The Balaban J connectivity index is 2.27. The summed E-state index contributed by atoms with van der Waals surface area (Å²) in [7, 11) is 0. The van der Waals surface area contributed by atoms with Gasteiger partial charge in [-0.05, 0) is 28.9 Å². The number of hydrogen-bond donors (Lipinski definition) is 1. The minimum absolute atomic E-state index is 0.127. The second kappa shape index (κ2) is 4.85. The first-order chi connectivity index (χ1) is 8.49. The SMILES string of the molecule is CC1C(=O)NC(=O)CN1C(=O)c1cncc(Br)c1. The molecule has 1 aromatic heterocycles. The van der Waals surface area contributed by atoms with Gasteiger partial charge in [0.25, 0.3) is 5.91 Å². The molecule has 0 aliphatic carbocycles. The summed E-state index contributed by atoms with van der Waals surface area (Å²) in [6.45, 7) is 1.45. The van der Waals surface area contributed by atoms with Gasteiger partial charge in [-0.15, -0.1) is 0 Å². The molecule has 1 aliphatic heterocycles. The normalized spacial score (nSPS) is 19.7. The molecule has 2 heterocycles. The Labute approximate surface area is 111 Å². The van der Waals surface area contributed by atoms with Gasteiger partial charge in [-0.25, -0.2) is 0 Å². The van der Waals surface area contributed by atoms with Crippen molar-refractivity contribution in [1.29, 1.82) is 0 Å². The highest BCUT2D eigenvalue weighted by atomic mass is 79.9. The number of carbonyl (C=O) groups is 3. The molecule has 1 fully saturated rings. The zero-order valence-electron chi connectivity index (χ0n) is 9.51. The molecule has 1 unspecified atom stereocenters. The number of imide groups is 1. The summed E-state index contributed by atoms with van der Waals surface area (Å²) < 4.78 is 0.661. The van der Waals surface area contributed by atoms with Gasteiger partial charge in [0.15, 0.2) is 0 Å². The van der Waals surface area contributed by atoms with Crippen molar-refractivity contribution in [1.82, 2.24) is 15.2 Å². The molecule has 1 saturated heterocycles. The van der Waals surface area contributed by atoms with Crippen LogP contribution in [0.4, 0.5) is 0 Å². The van der Waals surface area contributed by atoms with Gasteiger partial charge in [0.1, 0.15) is 12.6 Å². The van der Waals surface area contributed by atoms with Crippen molar-refractivity contribution in [2.45, 2.75) is 13.0 Å². The number of pyridine rings is 1. The number of amides is 3. The molecule has 1 atom stereocenters. The quantitative estimate of drug-likeness (QED) is 0.758. The first kappa shape index (κ1) is 12.7. The van der Waals surface area contributed by atoms with Crippen molar-refractivity contribution in [2.24, 2.45) is 0 Å². The summed E-state index contributed by atoms with van der Waals surface area (Å²) in [5.41, 5.74) is 0.332. The number of carbonyl (C=O) groups excluding carboxylic acids is 3. The number of piperazine rings is 1. The zero-order valence-corrected chi connectivity index (χ0v) is 11.1. The van der Waals surface area contributed by atoms with Crippen LogP contribution in [0.15, 0.2) is 22.9 Å². The van der Waals surface area contributed by atoms with Crippen LogP contribution in [0, 0.1) is 0 Å². The fourth-order valence-corrected chi connectivity index (χ4v) is 2.02. The lowest BCUT2D eigenvalue weighted by molar-refractivity contribution is -0.138. The Morgan fingerprint density at radius 1 is 1.50 bits per heavy atom. The standard InChI is InChI=1S/C11H10BrN3O3/c1-6-10(17)14-9(16)5-15(6)11(18)7-2-8(12)4-13-3-7/h2-4,6H,5H2,1H3,(H,14,16,17). The molecule has 0 radical (unpaired) electrons. The van der Waals surface area contributed by atoms with E-state index in [0.717, 1.165) is 0 Å². The molecule has 3 amide bonds. The van der Waals surface area contributed by atoms with Crippen LogP contribution in [0.25, 0.3) is 0 Å². The molecular weight excluding hydrogens is 302 g/mol. The van der Waals surface area contributed by atoms with E-state index in [-0.39, 0.29) is 12.5 Å². The summed E-state index contributed by atoms with van der Waals surface area (Å²) >= 11 is 3.21. The fraction of sp³-hybridized carbons (Fsp3) is 0.273. The topological polar surface area (TPSA) is 79.4 Å². The summed E-state index contributed by atoms with van der Waals surface area (Å²) in [6.07, 6.45) is 2.95. The Hall–Kier alpha value is -1.76. The van der Waals surface area contributed by atoms with Gasteiger partial charge in [-0.3, -0.25) is 24.7 Å². The molecule has 18 heavy (non-hydrogen) atoms. The van der Waals surface area contributed by atoms with Crippen LogP contribution in [0.1, 0.15) is 17.3 Å². The van der Waals surface area contributed by atoms with Crippen LogP contribution >= 0.6 is 15.9 Å². The van der Waals surface area contributed by atoms with Crippen molar-refractivity contribution in [3.8, 4) is 0 Å². The lowest BCUT2D eigenvalue weighted by atomic mass is 10.1. The maximum absolute atomic E-state index is 12.2. The van der Waals surface area contributed by atoms with Crippen molar-refractivity contribution in [2.75, 3.05) is 6.54 Å². The highest BCUT2D eigenvalue weighted by Gasteiger charge is 2.34. The Bertz CT molecular complexity index is 532. The van der Waals surface area contributed by atoms with Gasteiger partial charge in [0, 0.05) is 16.9 Å². The van der Waals surface area contributed by atoms with Crippen LogP contribution in [-0.4, -0.2) is 40.2 Å². The molecule has 0 bridgehead atoms. The van der Waals surface area contributed by atoms with Crippen LogP contribution in [0.5, 0.6) is 0 Å². The highest BCUT2D eigenvalue weighted by Crippen LogP contribution is 2.14. The fourth-order valence-electron chi connectivity index (χ4n) is 1.66. The number of rotatable bonds is 1.